The van der Waals surface area contributed by atoms with Crippen LogP contribution in [0.5, 0.6) is 5.88 Å². The van der Waals surface area contributed by atoms with Crippen LogP contribution in [0.1, 0.15) is 38.2 Å². The quantitative estimate of drug-likeness (QED) is 0.823. The number of rotatable bonds is 7. The van der Waals surface area contributed by atoms with Crippen molar-refractivity contribution in [2.75, 3.05) is 13.2 Å². The number of hydrogen-bond donors (Lipinski definition) is 1. The molecular weight excluding hydrogens is 248 g/mol. The van der Waals surface area contributed by atoms with Crippen molar-refractivity contribution in [3.8, 4) is 5.88 Å². The molecule has 1 heterocycles. The second kappa shape index (κ2) is 6.95. The summed E-state index contributed by atoms with van der Waals surface area (Å²) >= 11 is 6.09. The Morgan fingerprint density at radius 1 is 1.50 bits per heavy atom. The van der Waals surface area contributed by atoms with Gasteiger partial charge in [0.05, 0.1) is 11.6 Å². The van der Waals surface area contributed by atoms with Crippen molar-refractivity contribution >= 4 is 11.6 Å². The summed E-state index contributed by atoms with van der Waals surface area (Å²) in [5.41, 5.74) is 1.05. The molecule has 1 aliphatic rings. The minimum Gasteiger partial charge on any atom is -0.478 e. The van der Waals surface area contributed by atoms with Crippen molar-refractivity contribution in [2.45, 2.75) is 39.2 Å². The fraction of sp³-hybridized carbons (Fsp3) is 0.643. The summed E-state index contributed by atoms with van der Waals surface area (Å²) in [5, 5.41) is 3.95. The van der Waals surface area contributed by atoms with Gasteiger partial charge >= 0.3 is 0 Å². The van der Waals surface area contributed by atoms with E-state index in [1.807, 2.05) is 6.07 Å². The van der Waals surface area contributed by atoms with Crippen molar-refractivity contribution in [3.63, 3.8) is 0 Å². The van der Waals surface area contributed by atoms with Gasteiger partial charge < -0.3 is 10.1 Å². The number of nitrogens with one attached hydrogen (secondary N) is 1. The predicted octanol–water partition coefficient (Wildman–Crippen LogP) is 3.41. The Kier molecular flexibility index (Phi) is 5.26. The summed E-state index contributed by atoms with van der Waals surface area (Å²) in [6, 6.07) is 1.94. The van der Waals surface area contributed by atoms with Crippen molar-refractivity contribution < 1.29 is 4.74 Å². The van der Waals surface area contributed by atoms with Gasteiger partial charge in [-0.15, -0.1) is 0 Å². The minimum atomic E-state index is 0.687. The average molecular weight is 269 g/mol. The number of halogens is 1. The third-order valence-electron chi connectivity index (χ3n) is 3.48. The highest BCUT2D eigenvalue weighted by atomic mass is 35.5. The molecular formula is C14H21ClN2O. The highest BCUT2D eigenvalue weighted by Crippen LogP contribution is 2.29. The number of aromatic nitrogens is 1. The fourth-order valence-corrected chi connectivity index (χ4v) is 2.21. The molecule has 0 radical (unpaired) electrons. The molecule has 0 bridgehead atoms. The van der Waals surface area contributed by atoms with Crippen LogP contribution in [-0.4, -0.2) is 18.1 Å². The van der Waals surface area contributed by atoms with E-state index >= 15 is 0 Å². The Hall–Kier alpha value is -0.800. The van der Waals surface area contributed by atoms with Crippen molar-refractivity contribution in [1.29, 1.82) is 0 Å². The first-order valence-corrected chi connectivity index (χ1v) is 7.15. The van der Waals surface area contributed by atoms with Gasteiger partial charge in [-0.1, -0.05) is 37.8 Å². The van der Waals surface area contributed by atoms with Crippen LogP contribution in [0.15, 0.2) is 12.3 Å². The summed E-state index contributed by atoms with van der Waals surface area (Å²) < 4.78 is 5.69. The second-order valence-electron chi connectivity index (χ2n) is 4.83. The summed E-state index contributed by atoms with van der Waals surface area (Å²) in [6.45, 7) is 4.53. The van der Waals surface area contributed by atoms with Gasteiger partial charge in [-0.2, -0.15) is 0 Å². The number of nitrogens with zero attached hydrogens (tertiary/aromatic N) is 1. The summed E-state index contributed by atoms with van der Waals surface area (Å²) in [7, 11) is 0. The van der Waals surface area contributed by atoms with Crippen LogP contribution >= 0.6 is 11.6 Å². The molecule has 1 saturated carbocycles. The molecule has 1 aliphatic carbocycles. The standard InChI is InChI=1S/C14H21ClN2O/c1-2-16-9-12-8-14(17-10-13(12)15)18-7-6-11-4-3-5-11/h8,10-11,16H,2-7,9H2,1H3. The first-order valence-electron chi connectivity index (χ1n) is 6.77. The van der Waals surface area contributed by atoms with Gasteiger partial charge in [-0.25, -0.2) is 4.98 Å². The minimum absolute atomic E-state index is 0.687. The Morgan fingerprint density at radius 3 is 3.00 bits per heavy atom. The van der Waals surface area contributed by atoms with Gasteiger partial charge in [-0.3, -0.25) is 0 Å². The van der Waals surface area contributed by atoms with Gasteiger partial charge in [0.2, 0.25) is 5.88 Å². The van der Waals surface area contributed by atoms with Crippen LogP contribution in [-0.2, 0) is 6.54 Å². The number of hydrogen-bond acceptors (Lipinski definition) is 3. The molecule has 0 spiro atoms. The van der Waals surface area contributed by atoms with Gasteiger partial charge in [0.1, 0.15) is 0 Å². The zero-order valence-electron chi connectivity index (χ0n) is 10.9. The first kappa shape index (κ1) is 13.6. The van der Waals surface area contributed by atoms with E-state index in [2.05, 4.69) is 17.2 Å². The molecule has 2 rings (SSSR count). The molecule has 0 saturated heterocycles. The zero-order valence-corrected chi connectivity index (χ0v) is 11.7. The molecule has 100 valence electrons. The number of pyridine rings is 1. The second-order valence-corrected chi connectivity index (χ2v) is 5.24. The summed E-state index contributed by atoms with van der Waals surface area (Å²) in [5.74, 6) is 1.56. The smallest absolute Gasteiger partial charge is 0.213 e. The molecule has 0 aromatic carbocycles. The Morgan fingerprint density at radius 2 is 2.33 bits per heavy atom. The monoisotopic (exact) mass is 268 g/mol. The maximum Gasteiger partial charge on any atom is 0.213 e. The molecule has 0 unspecified atom stereocenters. The average Bonchev–Trinajstić information content (AvgIpc) is 2.32. The van der Waals surface area contributed by atoms with E-state index in [1.54, 1.807) is 6.20 Å². The van der Waals surface area contributed by atoms with E-state index in [0.717, 1.165) is 37.6 Å². The molecule has 3 nitrogen and oxygen atoms in total. The van der Waals surface area contributed by atoms with E-state index in [9.17, 15) is 0 Å². The zero-order chi connectivity index (χ0) is 12.8. The molecule has 4 heteroatoms. The lowest BCUT2D eigenvalue weighted by atomic mass is 9.83. The van der Waals surface area contributed by atoms with Gasteiger partial charge in [0.25, 0.3) is 0 Å². The Bertz CT molecular complexity index is 380. The van der Waals surface area contributed by atoms with Crippen molar-refractivity contribution in [3.05, 3.63) is 22.8 Å². The topological polar surface area (TPSA) is 34.1 Å². The van der Waals surface area contributed by atoms with Crippen LogP contribution in [0, 0.1) is 5.92 Å². The van der Waals surface area contributed by atoms with Crippen LogP contribution in [0.3, 0.4) is 0 Å². The largest absolute Gasteiger partial charge is 0.478 e. The molecule has 1 N–H and O–H groups in total. The van der Waals surface area contributed by atoms with Crippen LogP contribution in [0.2, 0.25) is 5.02 Å². The molecule has 18 heavy (non-hydrogen) atoms. The lowest BCUT2D eigenvalue weighted by Crippen LogP contribution is -2.15. The highest BCUT2D eigenvalue weighted by molar-refractivity contribution is 6.31. The molecule has 1 aromatic heterocycles. The number of ether oxygens (including phenoxy) is 1. The van der Waals surface area contributed by atoms with Gasteiger partial charge in [0.15, 0.2) is 0 Å². The van der Waals surface area contributed by atoms with Crippen molar-refractivity contribution in [2.24, 2.45) is 5.92 Å². The van der Waals surface area contributed by atoms with Gasteiger partial charge in [-0.05, 0) is 24.4 Å². The lowest BCUT2D eigenvalue weighted by molar-refractivity contribution is 0.217. The Balaban J connectivity index is 1.83. The molecule has 0 atom stereocenters. The van der Waals surface area contributed by atoms with E-state index < -0.39 is 0 Å². The predicted molar refractivity (Wildman–Crippen MR) is 74.1 cm³/mol. The Labute approximate surface area is 114 Å². The van der Waals surface area contributed by atoms with Crippen LogP contribution in [0.25, 0.3) is 0 Å². The summed E-state index contributed by atoms with van der Waals surface area (Å²) in [6.07, 6.45) is 6.93. The third kappa shape index (κ3) is 3.85. The normalized spacial score (nSPS) is 15.4. The van der Waals surface area contributed by atoms with E-state index in [-0.39, 0.29) is 0 Å². The van der Waals surface area contributed by atoms with Gasteiger partial charge in [0, 0.05) is 18.8 Å². The molecule has 0 aliphatic heterocycles. The van der Waals surface area contributed by atoms with E-state index in [1.165, 1.54) is 19.3 Å². The summed E-state index contributed by atoms with van der Waals surface area (Å²) in [4.78, 5) is 4.21. The van der Waals surface area contributed by atoms with Crippen molar-refractivity contribution in [1.82, 2.24) is 10.3 Å². The van der Waals surface area contributed by atoms with Crippen LogP contribution in [0.4, 0.5) is 0 Å². The first-order chi connectivity index (χ1) is 8.79. The molecule has 1 fully saturated rings. The van der Waals surface area contributed by atoms with E-state index in [0.29, 0.717) is 10.9 Å². The van der Waals surface area contributed by atoms with Crippen LogP contribution < -0.4 is 10.1 Å². The third-order valence-corrected chi connectivity index (χ3v) is 3.82. The van der Waals surface area contributed by atoms with E-state index in [4.69, 9.17) is 16.3 Å². The highest BCUT2D eigenvalue weighted by Gasteiger charge is 2.17. The maximum atomic E-state index is 6.09. The maximum absolute atomic E-state index is 6.09. The molecule has 0 amide bonds. The fourth-order valence-electron chi connectivity index (χ4n) is 2.04. The lowest BCUT2D eigenvalue weighted by Gasteiger charge is -2.24. The SMILES string of the molecule is CCNCc1cc(OCCC2CCC2)ncc1Cl. The molecule has 1 aromatic rings.